The molecule has 2 atom stereocenters. The molecule has 1 aliphatic heterocycles. The summed E-state index contributed by atoms with van der Waals surface area (Å²) in [6.45, 7) is 6.49. The summed E-state index contributed by atoms with van der Waals surface area (Å²) in [7, 11) is 1.92. The quantitative estimate of drug-likeness (QED) is 0.551. The number of benzene rings is 1. The third-order valence-electron chi connectivity index (χ3n) is 6.34. The molecule has 10 heteroatoms. The van der Waals surface area contributed by atoms with Crippen LogP contribution >= 0.6 is 0 Å². The number of fused-ring (bicyclic) bond motifs is 1. The van der Waals surface area contributed by atoms with Crippen molar-refractivity contribution in [2.24, 2.45) is 24.6 Å². The number of carbonyl (C=O) groups is 1. The van der Waals surface area contributed by atoms with Crippen LogP contribution in [0.15, 0.2) is 30.6 Å². The highest BCUT2D eigenvalue weighted by Gasteiger charge is 2.35. The van der Waals surface area contributed by atoms with Crippen molar-refractivity contribution in [1.29, 1.82) is 0 Å². The van der Waals surface area contributed by atoms with E-state index in [4.69, 9.17) is 10.7 Å². The van der Waals surface area contributed by atoms with Crippen LogP contribution in [-0.4, -0.2) is 79.7 Å². The first-order valence-corrected chi connectivity index (χ1v) is 10.9. The summed E-state index contributed by atoms with van der Waals surface area (Å²) in [4.78, 5) is 21.0. The minimum absolute atomic E-state index is 0.0676. The van der Waals surface area contributed by atoms with Crippen molar-refractivity contribution in [3.63, 3.8) is 0 Å². The highest BCUT2D eigenvalue weighted by Crippen LogP contribution is 2.25. The molecule has 1 saturated heterocycles. The highest BCUT2D eigenvalue weighted by atomic mass is 16.3. The number of hydrogen-bond acceptors (Lipinski definition) is 8. The highest BCUT2D eigenvalue weighted by molar-refractivity contribution is 5.83. The Morgan fingerprint density at radius 1 is 1.19 bits per heavy atom. The molecule has 1 amide bonds. The molecule has 3 heterocycles. The topological polar surface area (TPSA) is 126 Å². The Labute approximate surface area is 187 Å². The Morgan fingerprint density at radius 3 is 2.59 bits per heavy atom. The van der Waals surface area contributed by atoms with Gasteiger partial charge in [0, 0.05) is 56.7 Å². The molecule has 0 aliphatic carbocycles. The number of nitrogens with two attached hydrogens (primary N) is 1. The third-order valence-corrected chi connectivity index (χ3v) is 6.34. The molecule has 1 aromatic carbocycles. The van der Waals surface area contributed by atoms with E-state index in [-0.39, 0.29) is 18.4 Å². The van der Waals surface area contributed by atoms with Crippen LogP contribution in [0.1, 0.15) is 13.8 Å². The molecule has 2 unspecified atom stereocenters. The van der Waals surface area contributed by atoms with Crippen LogP contribution in [0.2, 0.25) is 0 Å². The number of piperazine rings is 1. The van der Waals surface area contributed by atoms with E-state index >= 15 is 0 Å². The second kappa shape index (κ2) is 9.17. The Morgan fingerprint density at radius 2 is 1.94 bits per heavy atom. The van der Waals surface area contributed by atoms with Gasteiger partial charge in [-0.25, -0.2) is 4.98 Å². The normalized spacial score (nSPS) is 17.1. The molecule has 3 aromatic rings. The zero-order chi connectivity index (χ0) is 22.8. The van der Waals surface area contributed by atoms with Gasteiger partial charge >= 0.3 is 0 Å². The third kappa shape index (κ3) is 4.28. The van der Waals surface area contributed by atoms with Gasteiger partial charge in [-0.1, -0.05) is 19.9 Å². The maximum absolute atomic E-state index is 12.2. The molecule has 0 radical (unpaired) electrons. The van der Waals surface area contributed by atoms with Crippen LogP contribution in [0, 0.1) is 11.8 Å². The predicted molar refractivity (Wildman–Crippen MR) is 122 cm³/mol. The fourth-order valence-corrected chi connectivity index (χ4v) is 4.43. The van der Waals surface area contributed by atoms with Crippen LogP contribution < -0.4 is 10.6 Å². The maximum Gasteiger partial charge on any atom is 0.245 e. The molecule has 32 heavy (non-hydrogen) atoms. The van der Waals surface area contributed by atoms with E-state index in [1.807, 2.05) is 50.0 Å². The fraction of sp³-hybridized carbons (Fsp3) is 0.500. The largest absolute Gasteiger partial charge is 0.396 e. The maximum atomic E-state index is 12.2. The number of carbonyl (C=O) groups excluding carboxylic acids is 1. The van der Waals surface area contributed by atoms with Gasteiger partial charge in [0.1, 0.15) is 0 Å². The summed E-state index contributed by atoms with van der Waals surface area (Å²) in [5.41, 5.74) is 8.47. The molecule has 2 aromatic heterocycles. The van der Waals surface area contributed by atoms with Crippen LogP contribution in [0.3, 0.4) is 0 Å². The summed E-state index contributed by atoms with van der Waals surface area (Å²) < 4.78 is 1.84. The fourth-order valence-electron chi connectivity index (χ4n) is 4.43. The standard InChI is InChI=1S/C22H30N8O2/c1-14(2)17(13-31)20(21(23)32)29-6-8-30(9-7-29)22-26-18(12-24-27-22)15-4-5-19-16(10-15)11-25-28(19)3/h4-5,10-12,14,17,20,31H,6-9,13H2,1-3H3,(H2,23,32). The number of aliphatic hydroxyl groups excluding tert-OH is 1. The zero-order valence-corrected chi connectivity index (χ0v) is 18.7. The van der Waals surface area contributed by atoms with Gasteiger partial charge in [0.25, 0.3) is 0 Å². The van der Waals surface area contributed by atoms with Gasteiger partial charge < -0.3 is 15.7 Å². The minimum atomic E-state index is -0.487. The van der Waals surface area contributed by atoms with E-state index in [1.54, 1.807) is 6.20 Å². The van der Waals surface area contributed by atoms with Gasteiger partial charge in [0.2, 0.25) is 11.9 Å². The second-order valence-corrected chi connectivity index (χ2v) is 8.64. The van der Waals surface area contributed by atoms with Crippen molar-refractivity contribution < 1.29 is 9.90 Å². The summed E-state index contributed by atoms with van der Waals surface area (Å²) in [5.74, 6) is 0.128. The summed E-state index contributed by atoms with van der Waals surface area (Å²) in [6.07, 6.45) is 3.49. The lowest BCUT2D eigenvalue weighted by atomic mass is 9.87. The molecule has 1 aliphatic rings. The van der Waals surface area contributed by atoms with E-state index in [0.29, 0.717) is 32.1 Å². The van der Waals surface area contributed by atoms with E-state index in [1.165, 1.54) is 0 Å². The Balaban J connectivity index is 1.49. The number of aryl methyl sites for hydroxylation is 1. The Bertz CT molecular complexity index is 1090. The predicted octanol–water partition coefficient (Wildman–Crippen LogP) is 0.666. The van der Waals surface area contributed by atoms with Crippen molar-refractivity contribution in [3.05, 3.63) is 30.6 Å². The monoisotopic (exact) mass is 438 g/mol. The van der Waals surface area contributed by atoms with E-state index in [2.05, 4.69) is 25.1 Å². The second-order valence-electron chi connectivity index (χ2n) is 8.64. The van der Waals surface area contributed by atoms with Crippen molar-refractivity contribution in [2.75, 3.05) is 37.7 Å². The average molecular weight is 439 g/mol. The molecular weight excluding hydrogens is 408 g/mol. The first kappa shape index (κ1) is 22.1. The van der Waals surface area contributed by atoms with Gasteiger partial charge in [0.05, 0.1) is 29.6 Å². The summed E-state index contributed by atoms with van der Waals surface area (Å²) in [5, 5.41) is 23.5. The number of primary amides is 1. The van der Waals surface area contributed by atoms with Crippen LogP contribution in [-0.2, 0) is 11.8 Å². The number of amides is 1. The molecule has 4 rings (SSSR count). The van der Waals surface area contributed by atoms with Gasteiger partial charge in [-0.3, -0.25) is 14.4 Å². The first-order valence-electron chi connectivity index (χ1n) is 10.9. The molecule has 170 valence electrons. The number of hydrogen-bond donors (Lipinski definition) is 2. The molecular formula is C22H30N8O2. The van der Waals surface area contributed by atoms with E-state index in [9.17, 15) is 9.90 Å². The Hall–Kier alpha value is -3.11. The van der Waals surface area contributed by atoms with Crippen LogP contribution in [0.4, 0.5) is 5.95 Å². The number of nitrogens with zero attached hydrogens (tertiary/aromatic N) is 7. The molecule has 0 spiro atoms. The lowest BCUT2D eigenvalue weighted by Gasteiger charge is -2.41. The molecule has 0 bridgehead atoms. The SMILES string of the molecule is CC(C)C(CO)C(C(N)=O)N1CCN(c2nncc(-c3ccc4c(cnn4C)c3)n2)CC1. The lowest BCUT2D eigenvalue weighted by Crippen LogP contribution is -2.58. The number of anilines is 1. The summed E-state index contributed by atoms with van der Waals surface area (Å²) >= 11 is 0. The number of aromatic nitrogens is 5. The van der Waals surface area contributed by atoms with Crippen LogP contribution in [0.25, 0.3) is 22.2 Å². The Kier molecular flexibility index (Phi) is 6.33. The van der Waals surface area contributed by atoms with Crippen molar-refractivity contribution in [3.8, 4) is 11.3 Å². The van der Waals surface area contributed by atoms with Crippen molar-refractivity contribution >= 4 is 22.8 Å². The molecule has 10 nitrogen and oxygen atoms in total. The zero-order valence-electron chi connectivity index (χ0n) is 18.7. The molecule has 1 fully saturated rings. The molecule has 3 N–H and O–H groups in total. The van der Waals surface area contributed by atoms with Crippen molar-refractivity contribution in [1.82, 2.24) is 29.9 Å². The smallest absolute Gasteiger partial charge is 0.245 e. The minimum Gasteiger partial charge on any atom is -0.396 e. The van der Waals surface area contributed by atoms with Gasteiger partial charge in [0.15, 0.2) is 0 Å². The van der Waals surface area contributed by atoms with Crippen molar-refractivity contribution in [2.45, 2.75) is 19.9 Å². The van der Waals surface area contributed by atoms with E-state index in [0.717, 1.165) is 22.2 Å². The first-order chi connectivity index (χ1) is 15.4. The average Bonchev–Trinajstić information content (AvgIpc) is 3.17. The van der Waals surface area contributed by atoms with E-state index < -0.39 is 11.9 Å². The molecule has 0 saturated carbocycles. The summed E-state index contributed by atoms with van der Waals surface area (Å²) in [6, 6.07) is 5.59. The van der Waals surface area contributed by atoms with Gasteiger partial charge in [-0.05, 0) is 18.1 Å². The lowest BCUT2D eigenvalue weighted by molar-refractivity contribution is -0.127. The number of aliphatic hydroxyl groups is 1. The van der Waals surface area contributed by atoms with Crippen LogP contribution in [0.5, 0.6) is 0 Å². The van der Waals surface area contributed by atoms with Gasteiger partial charge in [-0.2, -0.15) is 10.2 Å². The van der Waals surface area contributed by atoms with Gasteiger partial charge in [-0.15, -0.1) is 5.10 Å². The number of rotatable bonds is 7.